The second-order valence-electron chi connectivity index (χ2n) is 24.2. The number of likely N-dealkylation sites (N-methyl/N-ethyl adjacent to an activating group) is 1. The molecule has 0 saturated heterocycles. The summed E-state index contributed by atoms with van der Waals surface area (Å²) in [4.78, 5) is 25.6. The van der Waals surface area contributed by atoms with Crippen LogP contribution in [0.3, 0.4) is 0 Å². The molecule has 0 heterocycles. The van der Waals surface area contributed by atoms with Crippen LogP contribution in [0.15, 0.2) is 48.6 Å². The molecule has 0 aliphatic rings. The number of amides is 1. The van der Waals surface area contributed by atoms with Gasteiger partial charge in [0.05, 0.1) is 39.9 Å². The van der Waals surface area contributed by atoms with E-state index in [0.29, 0.717) is 17.4 Å². The Labute approximate surface area is 479 Å². The molecular weight excluding hydrogens is 972 g/mol. The molecule has 1 amide bonds. The minimum atomic E-state index is -4.60. The summed E-state index contributed by atoms with van der Waals surface area (Å²) in [6.07, 6.45) is 79.4. The van der Waals surface area contributed by atoms with E-state index in [4.69, 9.17) is 9.05 Å². The number of hydrogen-bond acceptors (Lipinski definition) is 6. The molecule has 3 unspecified atom stereocenters. The van der Waals surface area contributed by atoms with Gasteiger partial charge in [0.25, 0.3) is 7.82 Å². The number of phosphoric ester groups is 1. The molecular formula is C68H131N2O6P. The number of allylic oxidation sites excluding steroid dienone is 7. The van der Waals surface area contributed by atoms with E-state index in [-0.39, 0.29) is 19.1 Å². The fraction of sp³-hybridized carbons (Fsp3) is 0.868. The predicted molar refractivity (Wildman–Crippen MR) is 334 cm³/mol. The first kappa shape index (κ1) is 75.5. The number of nitrogens with one attached hydrogen (secondary N) is 1. The first-order valence-corrected chi connectivity index (χ1v) is 35.0. The van der Waals surface area contributed by atoms with E-state index in [1.165, 1.54) is 257 Å². The van der Waals surface area contributed by atoms with Crippen molar-refractivity contribution in [3.8, 4) is 0 Å². The van der Waals surface area contributed by atoms with Gasteiger partial charge in [-0.15, -0.1) is 0 Å². The van der Waals surface area contributed by atoms with E-state index in [9.17, 15) is 19.4 Å². The zero-order valence-corrected chi connectivity index (χ0v) is 52.8. The fourth-order valence-corrected chi connectivity index (χ4v) is 10.8. The maximum absolute atomic E-state index is 13.0. The van der Waals surface area contributed by atoms with E-state index in [1.807, 2.05) is 27.2 Å². The van der Waals surface area contributed by atoms with Crippen LogP contribution in [0.5, 0.6) is 0 Å². The van der Waals surface area contributed by atoms with Crippen molar-refractivity contribution in [2.24, 2.45) is 0 Å². The molecule has 0 spiro atoms. The highest BCUT2D eigenvalue weighted by Gasteiger charge is 2.23. The highest BCUT2D eigenvalue weighted by molar-refractivity contribution is 7.45. The van der Waals surface area contributed by atoms with Gasteiger partial charge < -0.3 is 28.8 Å². The van der Waals surface area contributed by atoms with Gasteiger partial charge in [0.15, 0.2) is 0 Å². The standard InChI is InChI=1S/C68H131N2O6P/c1-6-8-10-12-14-16-18-20-22-24-26-27-28-29-30-31-32-33-34-35-36-37-38-39-40-41-42-43-44-46-48-50-52-54-56-58-60-62-68(72)69-66(65-76-77(73,74)75-64-63-70(3,4)5)67(71)61-59-57-55-53-51-49-47-45-25-23-21-19-17-15-13-11-9-7-2/h18,20,24,26,28-29,59,61,66-67,71H,6-17,19,21-23,25,27,30-58,60,62-65H2,1-5H3,(H-,69,72,73,74)/b20-18-,26-24-,29-28-,61-59+. The molecule has 0 aliphatic carbocycles. The highest BCUT2D eigenvalue weighted by Crippen LogP contribution is 2.38. The smallest absolute Gasteiger partial charge is 0.268 e. The van der Waals surface area contributed by atoms with Crippen molar-refractivity contribution in [3.05, 3.63) is 48.6 Å². The van der Waals surface area contributed by atoms with Crippen LogP contribution in [0.4, 0.5) is 0 Å². The number of aliphatic hydroxyl groups excluding tert-OH is 1. The van der Waals surface area contributed by atoms with Crippen molar-refractivity contribution in [1.82, 2.24) is 5.32 Å². The van der Waals surface area contributed by atoms with Crippen molar-refractivity contribution in [2.75, 3.05) is 40.9 Å². The summed E-state index contributed by atoms with van der Waals surface area (Å²) in [7, 11) is 1.27. The molecule has 0 aromatic rings. The van der Waals surface area contributed by atoms with Crippen molar-refractivity contribution >= 4 is 13.7 Å². The molecule has 0 aromatic carbocycles. The van der Waals surface area contributed by atoms with Crippen LogP contribution in [-0.2, 0) is 18.4 Å². The van der Waals surface area contributed by atoms with Crippen molar-refractivity contribution < 1.29 is 32.9 Å². The molecule has 0 radical (unpaired) electrons. The lowest BCUT2D eigenvalue weighted by Gasteiger charge is -2.29. The second-order valence-corrected chi connectivity index (χ2v) is 25.6. The van der Waals surface area contributed by atoms with Crippen LogP contribution >= 0.6 is 7.82 Å². The Morgan fingerprint density at radius 1 is 0.455 bits per heavy atom. The maximum atomic E-state index is 13.0. The number of quaternary nitrogens is 1. The van der Waals surface area contributed by atoms with Crippen LogP contribution in [0.25, 0.3) is 0 Å². The summed E-state index contributed by atoms with van der Waals surface area (Å²) in [5.41, 5.74) is 0. The average molecular weight is 1100 g/mol. The van der Waals surface area contributed by atoms with E-state index in [0.717, 1.165) is 51.4 Å². The van der Waals surface area contributed by atoms with Gasteiger partial charge in [0, 0.05) is 6.42 Å². The van der Waals surface area contributed by atoms with E-state index in [2.05, 4.69) is 55.6 Å². The number of carbonyl (C=O) groups excluding carboxylic acids is 1. The molecule has 2 N–H and O–H groups in total. The number of rotatable bonds is 62. The topological polar surface area (TPSA) is 108 Å². The Bertz CT molecular complexity index is 1390. The van der Waals surface area contributed by atoms with Gasteiger partial charge in [-0.2, -0.15) is 0 Å². The molecule has 0 aliphatic heterocycles. The van der Waals surface area contributed by atoms with Gasteiger partial charge in [-0.05, 0) is 57.8 Å². The number of nitrogens with zero attached hydrogens (tertiary/aromatic N) is 1. The third-order valence-corrected chi connectivity index (χ3v) is 16.2. The Morgan fingerprint density at radius 2 is 0.753 bits per heavy atom. The lowest BCUT2D eigenvalue weighted by Crippen LogP contribution is -2.45. The Kier molecular flexibility index (Phi) is 57.9. The van der Waals surface area contributed by atoms with Crippen LogP contribution in [0.2, 0.25) is 0 Å². The molecule has 0 aromatic heterocycles. The highest BCUT2D eigenvalue weighted by atomic mass is 31.2. The van der Waals surface area contributed by atoms with Gasteiger partial charge in [0.1, 0.15) is 13.2 Å². The number of hydrogen-bond donors (Lipinski definition) is 2. The monoisotopic (exact) mass is 1100 g/mol. The maximum Gasteiger partial charge on any atom is 0.268 e. The van der Waals surface area contributed by atoms with Crippen molar-refractivity contribution in [3.63, 3.8) is 0 Å². The van der Waals surface area contributed by atoms with Gasteiger partial charge in [-0.1, -0.05) is 313 Å². The SMILES string of the molecule is CCCCCCC/C=C\C/C=C\C/C=C\CCCCCCCCCCCCCCCCCCCCCCCCC(=O)NC(COP(=O)([O-])OCC[N+](C)(C)C)C(O)/C=C/CCCCCCCCCCCCCCCCCC. The number of carbonyl (C=O) groups is 1. The molecule has 0 saturated carbocycles. The Morgan fingerprint density at radius 3 is 1.09 bits per heavy atom. The van der Waals surface area contributed by atoms with Crippen LogP contribution in [0.1, 0.15) is 328 Å². The predicted octanol–water partition coefficient (Wildman–Crippen LogP) is 20.4. The normalized spacial score (nSPS) is 14.0. The molecule has 9 heteroatoms. The lowest BCUT2D eigenvalue weighted by molar-refractivity contribution is -0.870. The molecule has 0 fully saturated rings. The lowest BCUT2D eigenvalue weighted by atomic mass is 10.0. The summed E-state index contributed by atoms with van der Waals surface area (Å²) in [6, 6.07) is -0.886. The van der Waals surface area contributed by atoms with Crippen molar-refractivity contribution in [1.29, 1.82) is 0 Å². The first-order valence-electron chi connectivity index (χ1n) is 33.5. The van der Waals surface area contributed by atoms with Crippen LogP contribution in [0, 0.1) is 0 Å². The van der Waals surface area contributed by atoms with Gasteiger partial charge in [-0.3, -0.25) is 9.36 Å². The molecule has 8 nitrogen and oxygen atoms in total. The van der Waals surface area contributed by atoms with E-state index in [1.54, 1.807) is 6.08 Å². The molecule has 77 heavy (non-hydrogen) atoms. The Balaban J connectivity index is 3.97. The molecule has 0 bridgehead atoms. The van der Waals surface area contributed by atoms with Crippen LogP contribution in [-0.4, -0.2) is 68.5 Å². The zero-order chi connectivity index (χ0) is 56.3. The second kappa shape index (κ2) is 59.1. The van der Waals surface area contributed by atoms with Gasteiger partial charge >= 0.3 is 0 Å². The summed E-state index contributed by atoms with van der Waals surface area (Å²) < 4.78 is 23.4. The third kappa shape index (κ3) is 61.9. The summed E-state index contributed by atoms with van der Waals surface area (Å²) in [5.74, 6) is -0.192. The van der Waals surface area contributed by atoms with E-state index >= 15 is 0 Å². The summed E-state index contributed by atoms with van der Waals surface area (Å²) in [6.45, 7) is 4.68. The zero-order valence-electron chi connectivity index (χ0n) is 51.9. The number of phosphoric acid groups is 1. The molecule has 3 atom stereocenters. The molecule has 454 valence electrons. The largest absolute Gasteiger partial charge is 0.756 e. The van der Waals surface area contributed by atoms with Gasteiger partial charge in [-0.25, -0.2) is 0 Å². The van der Waals surface area contributed by atoms with Crippen LogP contribution < -0.4 is 10.2 Å². The first-order chi connectivity index (χ1) is 37.5. The third-order valence-electron chi connectivity index (χ3n) is 15.3. The van der Waals surface area contributed by atoms with Crippen molar-refractivity contribution in [2.45, 2.75) is 341 Å². The van der Waals surface area contributed by atoms with Gasteiger partial charge in [0.2, 0.25) is 5.91 Å². The van der Waals surface area contributed by atoms with E-state index < -0.39 is 20.0 Å². The quantitative estimate of drug-likeness (QED) is 0.0272. The molecule has 0 rings (SSSR count). The fourth-order valence-electron chi connectivity index (χ4n) is 10.0. The summed E-state index contributed by atoms with van der Waals surface area (Å²) in [5, 5.41) is 13.9. The minimum Gasteiger partial charge on any atom is -0.756 e. The number of aliphatic hydroxyl groups is 1. The minimum absolute atomic E-state index is 0.000534. The number of unbranched alkanes of at least 4 members (excludes halogenated alkanes) is 43. The summed E-state index contributed by atoms with van der Waals surface area (Å²) >= 11 is 0. The average Bonchev–Trinajstić information content (AvgIpc) is 3.39. The Hall–Kier alpha value is -1.54.